The Morgan fingerprint density at radius 2 is 1.82 bits per heavy atom. The fraction of sp³-hybridized carbons (Fsp3) is 0.217. The second-order valence-electron chi connectivity index (χ2n) is 7.87. The van der Waals surface area contributed by atoms with E-state index in [1.807, 2.05) is 0 Å². The Kier molecular flexibility index (Phi) is 6.27. The lowest BCUT2D eigenvalue weighted by molar-refractivity contribution is 0.142. The number of nitrogens with zero attached hydrogens (tertiary/aromatic N) is 5. The maximum atomic E-state index is 14.1. The van der Waals surface area contributed by atoms with Crippen molar-refractivity contribution in [3.8, 4) is 10.6 Å². The third-order valence-electron chi connectivity index (χ3n) is 5.54. The van der Waals surface area contributed by atoms with Crippen LogP contribution in [0.15, 0.2) is 59.4 Å². The van der Waals surface area contributed by atoms with Gasteiger partial charge in [-0.25, -0.2) is 14.2 Å². The van der Waals surface area contributed by atoms with Gasteiger partial charge in [0.2, 0.25) is 4.96 Å². The second-order valence-corrected chi connectivity index (χ2v) is 9.26. The summed E-state index contributed by atoms with van der Waals surface area (Å²) >= 11 is 7.06. The van der Waals surface area contributed by atoms with Gasteiger partial charge in [-0.05, 0) is 36.4 Å². The molecule has 174 valence electrons. The number of fused-ring (bicyclic) bond motifs is 1. The van der Waals surface area contributed by atoms with E-state index < -0.39 is 5.82 Å². The van der Waals surface area contributed by atoms with Crippen molar-refractivity contribution in [3.05, 3.63) is 81.5 Å². The topological polar surface area (TPSA) is 82.8 Å². The van der Waals surface area contributed by atoms with Crippen LogP contribution in [0.2, 0.25) is 5.02 Å². The third-order valence-corrected chi connectivity index (χ3v) is 6.74. The van der Waals surface area contributed by atoms with Crippen molar-refractivity contribution in [3.63, 3.8) is 0 Å². The fourth-order valence-corrected chi connectivity index (χ4v) is 4.83. The van der Waals surface area contributed by atoms with Crippen LogP contribution in [0.4, 0.5) is 14.9 Å². The molecule has 1 saturated heterocycles. The van der Waals surface area contributed by atoms with Gasteiger partial charge < -0.3 is 10.2 Å². The molecule has 2 amide bonds. The number of amides is 2. The number of rotatable bonds is 4. The number of aromatic nitrogens is 3. The summed E-state index contributed by atoms with van der Waals surface area (Å²) in [7, 11) is 0. The summed E-state index contributed by atoms with van der Waals surface area (Å²) < 4.78 is 15.3. The smallest absolute Gasteiger partial charge is 0.321 e. The molecule has 0 atom stereocenters. The van der Waals surface area contributed by atoms with E-state index in [2.05, 4.69) is 20.3 Å². The highest BCUT2D eigenvalue weighted by Crippen LogP contribution is 2.26. The molecule has 2 aromatic carbocycles. The average molecular weight is 499 g/mol. The Morgan fingerprint density at radius 1 is 1.09 bits per heavy atom. The molecular weight excluding hydrogens is 479 g/mol. The van der Waals surface area contributed by atoms with Gasteiger partial charge in [-0.3, -0.25) is 9.69 Å². The van der Waals surface area contributed by atoms with Gasteiger partial charge in [-0.2, -0.15) is 9.61 Å². The zero-order valence-corrected chi connectivity index (χ0v) is 19.5. The molecule has 1 aliphatic heterocycles. The van der Waals surface area contributed by atoms with E-state index in [0.29, 0.717) is 64.7 Å². The lowest BCUT2D eigenvalue weighted by Crippen LogP contribution is -2.49. The summed E-state index contributed by atoms with van der Waals surface area (Å²) in [4.78, 5) is 34.0. The van der Waals surface area contributed by atoms with Crippen LogP contribution in [0.1, 0.15) is 5.69 Å². The standard InChI is InChI=1S/C23H20ClFN6O2S/c24-15-5-7-16(8-6-15)26-22(33)30-11-9-29(10-12-30)14-17-13-20(32)31-23(27-17)34-21(28-31)18-3-1-2-4-19(18)25/h1-8,13H,9-12,14H2,(H,26,33). The number of carbonyl (C=O) groups excluding carboxylic acids is 1. The molecule has 0 spiro atoms. The highest BCUT2D eigenvalue weighted by Gasteiger charge is 2.22. The van der Waals surface area contributed by atoms with Crippen molar-refractivity contribution >= 4 is 39.6 Å². The number of nitrogens with one attached hydrogen (secondary N) is 1. The first kappa shape index (κ1) is 22.5. The maximum absolute atomic E-state index is 14.1. The minimum atomic E-state index is -0.396. The van der Waals surface area contributed by atoms with Gasteiger partial charge in [-0.1, -0.05) is 35.1 Å². The zero-order chi connectivity index (χ0) is 23.7. The Bertz CT molecular complexity index is 1400. The minimum Gasteiger partial charge on any atom is -0.322 e. The van der Waals surface area contributed by atoms with Crippen molar-refractivity contribution in [2.24, 2.45) is 0 Å². The van der Waals surface area contributed by atoms with E-state index in [9.17, 15) is 14.0 Å². The van der Waals surface area contributed by atoms with Gasteiger partial charge in [0.05, 0.1) is 5.69 Å². The number of urea groups is 1. The highest BCUT2D eigenvalue weighted by atomic mass is 35.5. The summed E-state index contributed by atoms with van der Waals surface area (Å²) in [5.74, 6) is -0.396. The lowest BCUT2D eigenvalue weighted by Gasteiger charge is -2.34. The van der Waals surface area contributed by atoms with E-state index in [4.69, 9.17) is 11.6 Å². The van der Waals surface area contributed by atoms with E-state index in [1.54, 1.807) is 47.4 Å². The molecule has 0 bridgehead atoms. The Morgan fingerprint density at radius 3 is 2.56 bits per heavy atom. The normalized spacial score (nSPS) is 14.5. The average Bonchev–Trinajstić information content (AvgIpc) is 3.26. The van der Waals surface area contributed by atoms with Gasteiger partial charge in [0, 0.05) is 55.1 Å². The molecule has 1 N–H and O–H groups in total. The van der Waals surface area contributed by atoms with E-state index in [-0.39, 0.29) is 11.6 Å². The molecule has 3 heterocycles. The minimum absolute atomic E-state index is 0.162. The van der Waals surface area contributed by atoms with E-state index in [1.165, 1.54) is 28.0 Å². The van der Waals surface area contributed by atoms with Crippen LogP contribution in [0.3, 0.4) is 0 Å². The Labute approximate surface area is 203 Å². The first-order valence-electron chi connectivity index (χ1n) is 10.6. The van der Waals surface area contributed by atoms with Crippen molar-refractivity contribution in [2.45, 2.75) is 6.54 Å². The SMILES string of the molecule is O=C(Nc1ccc(Cl)cc1)N1CCN(Cc2cc(=O)n3nc(-c4ccccc4F)sc3n2)CC1. The quantitative estimate of drug-likeness (QED) is 0.460. The zero-order valence-electron chi connectivity index (χ0n) is 17.9. The van der Waals surface area contributed by atoms with Crippen molar-refractivity contribution < 1.29 is 9.18 Å². The van der Waals surface area contributed by atoms with Crippen LogP contribution in [-0.2, 0) is 6.54 Å². The fourth-order valence-electron chi connectivity index (χ4n) is 3.75. The summed E-state index contributed by atoms with van der Waals surface area (Å²) in [5.41, 5.74) is 1.34. The second kappa shape index (κ2) is 9.49. The predicted molar refractivity (Wildman–Crippen MR) is 130 cm³/mol. The van der Waals surface area contributed by atoms with E-state index in [0.717, 1.165) is 0 Å². The van der Waals surface area contributed by atoms with Gasteiger partial charge in [0.25, 0.3) is 5.56 Å². The molecule has 34 heavy (non-hydrogen) atoms. The van der Waals surface area contributed by atoms with Gasteiger partial charge in [0.15, 0.2) is 5.01 Å². The number of benzene rings is 2. The summed E-state index contributed by atoms with van der Waals surface area (Å²) in [6, 6.07) is 14.6. The third kappa shape index (κ3) is 4.79. The molecule has 1 fully saturated rings. The number of piperazine rings is 1. The molecular formula is C23H20ClFN6O2S. The van der Waals surface area contributed by atoms with Crippen molar-refractivity contribution in [2.75, 3.05) is 31.5 Å². The van der Waals surface area contributed by atoms with Gasteiger partial charge >= 0.3 is 6.03 Å². The summed E-state index contributed by atoms with van der Waals surface area (Å²) in [6.07, 6.45) is 0. The molecule has 0 aliphatic carbocycles. The van der Waals surface area contributed by atoms with Crippen LogP contribution < -0.4 is 10.9 Å². The molecule has 0 unspecified atom stereocenters. The van der Waals surface area contributed by atoms with Crippen LogP contribution >= 0.6 is 22.9 Å². The number of anilines is 1. The number of carbonyl (C=O) groups is 1. The maximum Gasteiger partial charge on any atom is 0.321 e. The lowest BCUT2D eigenvalue weighted by atomic mass is 10.2. The molecule has 0 radical (unpaired) electrons. The van der Waals surface area contributed by atoms with Crippen LogP contribution in [0, 0.1) is 5.82 Å². The monoisotopic (exact) mass is 498 g/mol. The predicted octanol–water partition coefficient (Wildman–Crippen LogP) is 3.96. The van der Waals surface area contributed by atoms with E-state index >= 15 is 0 Å². The molecule has 5 rings (SSSR count). The Balaban J connectivity index is 1.23. The van der Waals surface area contributed by atoms with Crippen molar-refractivity contribution in [1.82, 2.24) is 24.4 Å². The largest absolute Gasteiger partial charge is 0.322 e. The highest BCUT2D eigenvalue weighted by molar-refractivity contribution is 7.19. The van der Waals surface area contributed by atoms with Crippen molar-refractivity contribution in [1.29, 1.82) is 0 Å². The number of hydrogen-bond donors (Lipinski definition) is 1. The summed E-state index contributed by atoms with van der Waals surface area (Å²) in [5, 5.41) is 8.13. The Hall–Kier alpha value is -3.34. The van der Waals surface area contributed by atoms with Gasteiger partial charge in [0.1, 0.15) is 5.82 Å². The van der Waals surface area contributed by atoms with Crippen LogP contribution in [-0.4, -0.2) is 56.6 Å². The first-order valence-corrected chi connectivity index (χ1v) is 11.8. The molecule has 4 aromatic rings. The summed E-state index contributed by atoms with van der Waals surface area (Å²) in [6.45, 7) is 2.89. The molecule has 2 aromatic heterocycles. The molecule has 8 nitrogen and oxygen atoms in total. The molecule has 1 aliphatic rings. The molecule has 0 saturated carbocycles. The number of halogens is 2. The van der Waals surface area contributed by atoms with Gasteiger partial charge in [-0.15, -0.1) is 0 Å². The van der Waals surface area contributed by atoms with Crippen LogP contribution in [0.5, 0.6) is 0 Å². The molecule has 11 heteroatoms. The van der Waals surface area contributed by atoms with Crippen LogP contribution in [0.25, 0.3) is 15.5 Å². The number of hydrogen-bond acceptors (Lipinski definition) is 6. The first-order chi connectivity index (χ1) is 16.5.